The van der Waals surface area contributed by atoms with Crippen LogP contribution in [0.4, 0.5) is 0 Å². The molecule has 0 amide bonds. The standard InChI is InChI=1S/C18H15N3O2/c22-17(23)9-8-16-13-21(12-14-5-2-1-3-6-14)20-18(16)15-7-4-10-19-11-15/h1-11,13H,12H2,(H,22,23). The zero-order chi connectivity index (χ0) is 16.1. The summed E-state index contributed by atoms with van der Waals surface area (Å²) in [7, 11) is 0. The van der Waals surface area contributed by atoms with E-state index in [0.717, 1.165) is 22.8 Å². The molecule has 5 heteroatoms. The number of aromatic nitrogens is 3. The van der Waals surface area contributed by atoms with Crippen LogP contribution in [0.15, 0.2) is 67.1 Å². The van der Waals surface area contributed by atoms with Crippen LogP contribution in [0.1, 0.15) is 11.1 Å². The third-order valence-corrected chi connectivity index (χ3v) is 3.32. The summed E-state index contributed by atoms with van der Waals surface area (Å²) < 4.78 is 1.80. The molecule has 1 aromatic carbocycles. The summed E-state index contributed by atoms with van der Waals surface area (Å²) in [6.45, 7) is 0.620. The molecule has 0 saturated carbocycles. The molecule has 0 radical (unpaired) electrons. The van der Waals surface area contributed by atoms with E-state index in [9.17, 15) is 4.79 Å². The Hall–Kier alpha value is -3.21. The highest BCUT2D eigenvalue weighted by molar-refractivity contribution is 5.87. The molecular formula is C18H15N3O2. The molecule has 0 unspecified atom stereocenters. The van der Waals surface area contributed by atoms with Crippen LogP contribution in [0.2, 0.25) is 0 Å². The Labute approximate surface area is 133 Å². The maximum Gasteiger partial charge on any atom is 0.328 e. The van der Waals surface area contributed by atoms with Crippen molar-refractivity contribution < 1.29 is 9.90 Å². The highest BCUT2D eigenvalue weighted by Crippen LogP contribution is 2.22. The first-order chi connectivity index (χ1) is 11.2. The van der Waals surface area contributed by atoms with E-state index in [1.54, 1.807) is 23.2 Å². The molecule has 0 saturated heterocycles. The lowest BCUT2D eigenvalue weighted by Crippen LogP contribution is -2.00. The van der Waals surface area contributed by atoms with Gasteiger partial charge < -0.3 is 5.11 Å². The molecule has 0 aliphatic heterocycles. The van der Waals surface area contributed by atoms with Gasteiger partial charge in [-0.3, -0.25) is 9.67 Å². The predicted octanol–water partition coefficient (Wildman–Crippen LogP) is 3.09. The van der Waals surface area contributed by atoms with E-state index in [4.69, 9.17) is 5.11 Å². The van der Waals surface area contributed by atoms with Gasteiger partial charge in [-0.15, -0.1) is 0 Å². The normalized spacial score (nSPS) is 11.0. The van der Waals surface area contributed by atoms with Gasteiger partial charge in [0.15, 0.2) is 0 Å². The smallest absolute Gasteiger partial charge is 0.328 e. The molecule has 1 N–H and O–H groups in total. The number of carboxylic acids is 1. The Morgan fingerprint density at radius 3 is 2.70 bits per heavy atom. The summed E-state index contributed by atoms with van der Waals surface area (Å²) in [4.78, 5) is 14.9. The number of hydrogen-bond acceptors (Lipinski definition) is 3. The lowest BCUT2D eigenvalue weighted by Gasteiger charge is -2.01. The maximum absolute atomic E-state index is 10.8. The summed E-state index contributed by atoms with van der Waals surface area (Å²) in [6.07, 6.45) is 7.92. The number of benzene rings is 1. The molecule has 5 nitrogen and oxygen atoms in total. The quantitative estimate of drug-likeness (QED) is 0.735. The highest BCUT2D eigenvalue weighted by atomic mass is 16.4. The Kier molecular flexibility index (Phi) is 4.29. The van der Waals surface area contributed by atoms with Crippen LogP contribution >= 0.6 is 0 Å². The second kappa shape index (κ2) is 6.70. The molecule has 0 aliphatic carbocycles. The molecule has 3 rings (SSSR count). The lowest BCUT2D eigenvalue weighted by atomic mass is 10.1. The number of aliphatic carboxylic acids is 1. The van der Waals surface area contributed by atoms with Crippen LogP contribution in [-0.2, 0) is 11.3 Å². The van der Waals surface area contributed by atoms with Crippen molar-refractivity contribution in [3.63, 3.8) is 0 Å². The zero-order valence-corrected chi connectivity index (χ0v) is 12.3. The fourth-order valence-electron chi connectivity index (χ4n) is 2.30. The van der Waals surface area contributed by atoms with Crippen molar-refractivity contribution in [1.29, 1.82) is 0 Å². The summed E-state index contributed by atoms with van der Waals surface area (Å²) in [5.41, 5.74) is 3.44. The molecule has 0 spiro atoms. The molecule has 114 valence electrons. The number of pyridine rings is 1. The minimum Gasteiger partial charge on any atom is -0.478 e. The predicted molar refractivity (Wildman–Crippen MR) is 87.7 cm³/mol. The highest BCUT2D eigenvalue weighted by Gasteiger charge is 2.10. The van der Waals surface area contributed by atoms with E-state index in [-0.39, 0.29) is 0 Å². The Morgan fingerprint density at radius 1 is 1.17 bits per heavy atom. The van der Waals surface area contributed by atoms with Crippen molar-refractivity contribution in [3.8, 4) is 11.3 Å². The van der Waals surface area contributed by atoms with Gasteiger partial charge in [-0.1, -0.05) is 30.3 Å². The lowest BCUT2D eigenvalue weighted by molar-refractivity contribution is -0.131. The fraction of sp³-hybridized carbons (Fsp3) is 0.0556. The van der Waals surface area contributed by atoms with Gasteiger partial charge >= 0.3 is 5.97 Å². The van der Waals surface area contributed by atoms with Gasteiger partial charge in [0.2, 0.25) is 0 Å². The molecule has 3 aromatic rings. The van der Waals surface area contributed by atoms with Gasteiger partial charge in [-0.2, -0.15) is 5.10 Å². The number of nitrogens with zero attached hydrogens (tertiary/aromatic N) is 3. The average molecular weight is 305 g/mol. The van der Waals surface area contributed by atoms with Crippen LogP contribution in [0.5, 0.6) is 0 Å². The van der Waals surface area contributed by atoms with Crippen molar-refractivity contribution in [1.82, 2.24) is 14.8 Å². The summed E-state index contributed by atoms with van der Waals surface area (Å²) in [5.74, 6) is -0.988. The first kappa shape index (κ1) is 14.7. The summed E-state index contributed by atoms with van der Waals surface area (Å²) in [5, 5.41) is 13.4. The monoisotopic (exact) mass is 305 g/mol. The molecular weight excluding hydrogens is 290 g/mol. The molecule has 2 heterocycles. The Bertz CT molecular complexity index is 824. The number of hydrogen-bond donors (Lipinski definition) is 1. The van der Waals surface area contributed by atoms with E-state index in [2.05, 4.69) is 10.1 Å². The minimum atomic E-state index is -0.988. The molecule has 0 aliphatic rings. The minimum absolute atomic E-state index is 0.620. The SMILES string of the molecule is O=C(O)C=Cc1cn(Cc2ccccc2)nc1-c1cccnc1. The van der Waals surface area contributed by atoms with E-state index >= 15 is 0 Å². The first-order valence-electron chi connectivity index (χ1n) is 7.15. The van der Waals surface area contributed by atoms with E-state index in [1.807, 2.05) is 48.7 Å². The molecule has 0 atom stereocenters. The van der Waals surface area contributed by atoms with Crippen LogP contribution in [0.25, 0.3) is 17.3 Å². The van der Waals surface area contributed by atoms with Crippen molar-refractivity contribution in [3.05, 3.63) is 78.3 Å². The van der Waals surface area contributed by atoms with E-state index < -0.39 is 5.97 Å². The van der Waals surface area contributed by atoms with Gasteiger partial charge in [-0.05, 0) is 23.8 Å². The molecule has 0 bridgehead atoms. The Balaban J connectivity index is 1.98. The second-order valence-corrected chi connectivity index (χ2v) is 5.03. The summed E-state index contributed by atoms with van der Waals surface area (Å²) >= 11 is 0. The van der Waals surface area contributed by atoms with Gasteiger partial charge in [0.25, 0.3) is 0 Å². The van der Waals surface area contributed by atoms with Gasteiger partial charge in [-0.25, -0.2) is 4.79 Å². The number of carboxylic acid groups (broad SMARTS) is 1. The van der Waals surface area contributed by atoms with E-state index in [1.165, 1.54) is 0 Å². The van der Waals surface area contributed by atoms with Crippen LogP contribution < -0.4 is 0 Å². The fourth-order valence-corrected chi connectivity index (χ4v) is 2.30. The van der Waals surface area contributed by atoms with Crippen LogP contribution in [0.3, 0.4) is 0 Å². The third kappa shape index (κ3) is 3.71. The Morgan fingerprint density at radius 2 is 2.00 bits per heavy atom. The summed E-state index contributed by atoms with van der Waals surface area (Å²) in [6, 6.07) is 13.7. The maximum atomic E-state index is 10.8. The number of carbonyl (C=O) groups is 1. The topological polar surface area (TPSA) is 68.0 Å². The van der Waals surface area contributed by atoms with Gasteiger partial charge in [0.1, 0.15) is 5.69 Å². The van der Waals surface area contributed by atoms with Gasteiger partial charge in [0.05, 0.1) is 6.54 Å². The second-order valence-electron chi connectivity index (χ2n) is 5.03. The first-order valence-corrected chi connectivity index (χ1v) is 7.15. The largest absolute Gasteiger partial charge is 0.478 e. The van der Waals surface area contributed by atoms with Crippen molar-refractivity contribution in [2.45, 2.75) is 6.54 Å². The van der Waals surface area contributed by atoms with Crippen molar-refractivity contribution in [2.75, 3.05) is 0 Å². The number of rotatable bonds is 5. The van der Waals surface area contributed by atoms with Crippen molar-refractivity contribution >= 4 is 12.0 Å². The zero-order valence-electron chi connectivity index (χ0n) is 12.3. The van der Waals surface area contributed by atoms with Crippen molar-refractivity contribution in [2.24, 2.45) is 0 Å². The van der Waals surface area contributed by atoms with Crippen LogP contribution in [0, 0.1) is 0 Å². The average Bonchev–Trinajstić information content (AvgIpc) is 2.97. The third-order valence-electron chi connectivity index (χ3n) is 3.32. The van der Waals surface area contributed by atoms with Crippen LogP contribution in [-0.4, -0.2) is 25.8 Å². The van der Waals surface area contributed by atoms with Gasteiger partial charge in [0, 0.05) is 35.8 Å². The van der Waals surface area contributed by atoms with E-state index in [0.29, 0.717) is 12.2 Å². The molecule has 0 fully saturated rings. The molecule has 23 heavy (non-hydrogen) atoms. The molecule has 2 aromatic heterocycles.